The SMILES string of the molecule is COc1ncc(-n2nc(-c3cnn(CC4CCNCC4)c3)c3c2CCOCC3)cc1C#N. The molecule has 5 rings (SSSR count). The molecule has 0 aliphatic carbocycles. The van der Waals surface area contributed by atoms with E-state index in [0.717, 1.165) is 55.1 Å². The second-order valence-electron chi connectivity index (χ2n) is 8.30. The van der Waals surface area contributed by atoms with Gasteiger partial charge in [-0.25, -0.2) is 9.67 Å². The van der Waals surface area contributed by atoms with Gasteiger partial charge in [-0.3, -0.25) is 4.68 Å². The second kappa shape index (κ2) is 9.10. The van der Waals surface area contributed by atoms with Crippen LogP contribution in [0.5, 0.6) is 5.88 Å². The predicted molar refractivity (Wildman–Crippen MR) is 118 cm³/mol. The average molecular weight is 434 g/mol. The van der Waals surface area contributed by atoms with E-state index in [1.165, 1.54) is 25.5 Å². The number of nitrogens with zero attached hydrogens (tertiary/aromatic N) is 6. The lowest BCUT2D eigenvalue weighted by Gasteiger charge is -2.22. The average Bonchev–Trinajstić information content (AvgIpc) is 3.35. The van der Waals surface area contributed by atoms with Crippen LogP contribution in [0.4, 0.5) is 0 Å². The van der Waals surface area contributed by atoms with Gasteiger partial charge in [0, 0.05) is 30.3 Å². The molecule has 2 aliphatic rings. The summed E-state index contributed by atoms with van der Waals surface area (Å²) in [4.78, 5) is 4.31. The monoisotopic (exact) mass is 433 g/mol. The lowest BCUT2D eigenvalue weighted by atomic mass is 9.98. The summed E-state index contributed by atoms with van der Waals surface area (Å²) in [6.45, 7) is 4.40. The molecule has 0 spiro atoms. The van der Waals surface area contributed by atoms with E-state index in [-0.39, 0.29) is 0 Å². The summed E-state index contributed by atoms with van der Waals surface area (Å²) in [5, 5.41) is 22.5. The Morgan fingerprint density at radius 1 is 1.25 bits per heavy atom. The van der Waals surface area contributed by atoms with Gasteiger partial charge in [-0.1, -0.05) is 0 Å². The molecule has 3 aromatic rings. The van der Waals surface area contributed by atoms with Crippen molar-refractivity contribution < 1.29 is 9.47 Å². The third-order valence-corrected chi connectivity index (χ3v) is 6.28. The number of ether oxygens (including phenoxy) is 2. The Labute approximate surface area is 187 Å². The van der Waals surface area contributed by atoms with E-state index >= 15 is 0 Å². The Kier molecular flexibility index (Phi) is 5.88. The fourth-order valence-electron chi connectivity index (χ4n) is 4.61. The fourth-order valence-corrected chi connectivity index (χ4v) is 4.61. The molecule has 32 heavy (non-hydrogen) atoms. The van der Waals surface area contributed by atoms with E-state index in [4.69, 9.17) is 14.6 Å². The minimum Gasteiger partial charge on any atom is -0.480 e. The number of hydrogen-bond donors (Lipinski definition) is 1. The highest BCUT2D eigenvalue weighted by atomic mass is 16.5. The molecule has 0 amide bonds. The fraction of sp³-hybridized carbons (Fsp3) is 0.478. The smallest absolute Gasteiger partial charge is 0.231 e. The zero-order chi connectivity index (χ0) is 21.9. The minimum absolute atomic E-state index is 0.317. The molecular formula is C23H27N7O2. The number of rotatable bonds is 5. The highest BCUT2D eigenvalue weighted by Gasteiger charge is 2.24. The van der Waals surface area contributed by atoms with E-state index in [0.29, 0.717) is 30.6 Å². The summed E-state index contributed by atoms with van der Waals surface area (Å²) in [6.07, 6.45) is 9.62. The minimum atomic E-state index is 0.317. The number of piperidine rings is 1. The van der Waals surface area contributed by atoms with Crippen LogP contribution in [0.25, 0.3) is 16.9 Å². The summed E-state index contributed by atoms with van der Waals surface area (Å²) < 4.78 is 14.9. The van der Waals surface area contributed by atoms with Crippen molar-refractivity contribution >= 4 is 0 Å². The molecule has 3 aromatic heterocycles. The van der Waals surface area contributed by atoms with Gasteiger partial charge < -0.3 is 14.8 Å². The number of nitrogens with one attached hydrogen (secondary N) is 1. The predicted octanol–water partition coefficient (Wildman–Crippen LogP) is 2.13. The zero-order valence-electron chi connectivity index (χ0n) is 18.3. The van der Waals surface area contributed by atoms with Crippen molar-refractivity contribution in [2.24, 2.45) is 5.92 Å². The standard InChI is InChI=1S/C23H27N7O2/c1-31-23-17(11-24)10-19(13-26-23)30-21-5-9-32-8-4-20(21)22(28-30)18-12-27-29(15-18)14-16-2-6-25-7-3-16/h10,12-13,15-16,25H,2-9,14H2,1H3. The molecule has 9 nitrogen and oxygen atoms in total. The van der Waals surface area contributed by atoms with Crippen molar-refractivity contribution in [1.82, 2.24) is 29.9 Å². The van der Waals surface area contributed by atoms with E-state index in [1.807, 2.05) is 15.6 Å². The van der Waals surface area contributed by atoms with Crippen LogP contribution < -0.4 is 10.1 Å². The third-order valence-electron chi connectivity index (χ3n) is 6.28. The van der Waals surface area contributed by atoms with Gasteiger partial charge in [0.1, 0.15) is 11.6 Å². The van der Waals surface area contributed by atoms with Crippen LogP contribution in [0.15, 0.2) is 24.7 Å². The Balaban J connectivity index is 1.51. The van der Waals surface area contributed by atoms with E-state index < -0.39 is 0 Å². The Morgan fingerprint density at radius 3 is 2.91 bits per heavy atom. The number of hydrogen-bond acceptors (Lipinski definition) is 7. The molecule has 0 saturated carbocycles. The second-order valence-corrected chi connectivity index (χ2v) is 8.30. The number of pyridine rings is 1. The van der Waals surface area contributed by atoms with Crippen LogP contribution >= 0.6 is 0 Å². The van der Waals surface area contributed by atoms with Crippen molar-refractivity contribution in [3.05, 3.63) is 41.5 Å². The van der Waals surface area contributed by atoms with Crippen molar-refractivity contribution in [2.75, 3.05) is 33.4 Å². The maximum Gasteiger partial charge on any atom is 0.231 e. The van der Waals surface area contributed by atoms with Crippen molar-refractivity contribution in [3.63, 3.8) is 0 Å². The van der Waals surface area contributed by atoms with Crippen LogP contribution in [-0.2, 0) is 24.1 Å². The Bertz CT molecular complexity index is 1140. The van der Waals surface area contributed by atoms with Crippen LogP contribution in [0.3, 0.4) is 0 Å². The van der Waals surface area contributed by atoms with E-state index in [1.54, 1.807) is 12.3 Å². The summed E-state index contributed by atoms with van der Waals surface area (Å²) in [5.41, 5.74) is 5.34. The van der Waals surface area contributed by atoms with Gasteiger partial charge in [0.25, 0.3) is 0 Å². The van der Waals surface area contributed by atoms with Gasteiger partial charge >= 0.3 is 0 Å². The number of methoxy groups -OCH3 is 1. The topological polar surface area (TPSA) is 103 Å². The Morgan fingerprint density at radius 2 is 2.09 bits per heavy atom. The molecule has 9 heteroatoms. The normalized spacial score (nSPS) is 16.9. The van der Waals surface area contributed by atoms with Crippen LogP contribution in [0.2, 0.25) is 0 Å². The molecule has 0 bridgehead atoms. The maximum absolute atomic E-state index is 9.49. The first kappa shape index (κ1) is 20.7. The van der Waals surface area contributed by atoms with Gasteiger partial charge in [-0.2, -0.15) is 15.5 Å². The van der Waals surface area contributed by atoms with E-state index in [2.05, 4.69) is 27.7 Å². The van der Waals surface area contributed by atoms with Gasteiger partial charge in [-0.15, -0.1) is 0 Å². The number of aromatic nitrogens is 5. The molecule has 0 atom stereocenters. The summed E-state index contributed by atoms with van der Waals surface area (Å²) in [6, 6.07) is 3.93. The Hall–Kier alpha value is -3.22. The molecule has 1 fully saturated rings. The first-order chi connectivity index (χ1) is 15.8. The van der Waals surface area contributed by atoms with Gasteiger partial charge in [-0.05, 0) is 44.3 Å². The molecule has 2 aliphatic heterocycles. The van der Waals surface area contributed by atoms with Crippen LogP contribution in [0.1, 0.15) is 29.7 Å². The largest absolute Gasteiger partial charge is 0.480 e. The molecular weight excluding hydrogens is 406 g/mol. The van der Waals surface area contributed by atoms with Crippen LogP contribution in [-0.4, -0.2) is 58.0 Å². The molecule has 1 N–H and O–H groups in total. The molecule has 0 radical (unpaired) electrons. The zero-order valence-corrected chi connectivity index (χ0v) is 18.3. The van der Waals surface area contributed by atoms with Gasteiger partial charge in [0.05, 0.1) is 49.8 Å². The number of nitriles is 1. The quantitative estimate of drug-likeness (QED) is 0.657. The van der Waals surface area contributed by atoms with Crippen LogP contribution in [0, 0.1) is 17.2 Å². The van der Waals surface area contributed by atoms with Gasteiger partial charge in [0.2, 0.25) is 5.88 Å². The molecule has 166 valence electrons. The van der Waals surface area contributed by atoms with Crippen molar-refractivity contribution in [2.45, 2.75) is 32.2 Å². The first-order valence-electron chi connectivity index (χ1n) is 11.1. The lowest BCUT2D eigenvalue weighted by Crippen LogP contribution is -2.29. The highest BCUT2D eigenvalue weighted by molar-refractivity contribution is 5.64. The first-order valence-corrected chi connectivity index (χ1v) is 11.1. The lowest BCUT2D eigenvalue weighted by molar-refractivity contribution is 0.145. The highest BCUT2D eigenvalue weighted by Crippen LogP contribution is 2.31. The van der Waals surface area contributed by atoms with Crippen molar-refractivity contribution in [1.29, 1.82) is 5.26 Å². The summed E-state index contributed by atoms with van der Waals surface area (Å²) >= 11 is 0. The molecule has 1 saturated heterocycles. The molecule has 0 aromatic carbocycles. The summed E-state index contributed by atoms with van der Waals surface area (Å²) in [7, 11) is 1.51. The van der Waals surface area contributed by atoms with E-state index in [9.17, 15) is 5.26 Å². The van der Waals surface area contributed by atoms with Crippen molar-refractivity contribution in [3.8, 4) is 28.9 Å². The van der Waals surface area contributed by atoms with Gasteiger partial charge in [0.15, 0.2) is 0 Å². The number of fused-ring (bicyclic) bond motifs is 1. The third kappa shape index (κ3) is 3.99. The molecule has 5 heterocycles. The molecule has 0 unspecified atom stereocenters. The maximum atomic E-state index is 9.49. The summed E-state index contributed by atoms with van der Waals surface area (Å²) in [5.74, 6) is 0.971.